The molecule has 3 aromatic rings. The maximum Gasteiger partial charge on any atom is 0.397 e. The number of fused-ring (bicyclic) bond motifs is 2. The monoisotopic (exact) mass is 467 g/mol. The van der Waals surface area contributed by atoms with E-state index >= 15 is 0 Å². The minimum absolute atomic E-state index is 0.0935. The first kappa shape index (κ1) is 21.4. The largest absolute Gasteiger partial charge is 0.463 e. The summed E-state index contributed by atoms with van der Waals surface area (Å²) in [6, 6.07) is 11.0. The van der Waals surface area contributed by atoms with Crippen LogP contribution in [0.1, 0.15) is 12.0 Å². The van der Waals surface area contributed by atoms with Crippen LogP contribution in [0.3, 0.4) is 0 Å². The zero-order valence-electron chi connectivity index (χ0n) is 16.1. The molecule has 164 valence electrons. The van der Waals surface area contributed by atoms with E-state index in [0.717, 1.165) is 10.9 Å². The predicted molar refractivity (Wildman–Crippen MR) is 112 cm³/mol. The Morgan fingerprint density at radius 1 is 1.10 bits per heavy atom. The second-order valence-corrected chi connectivity index (χ2v) is 8.04. The summed E-state index contributed by atoms with van der Waals surface area (Å²) in [6.07, 6.45) is 0.210. The van der Waals surface area contributed by atoms with E-state index in [1.807, 2.05) is 18.2 Å². The van der Waals surface area contributed by atoms with E-state index in [4.69, 9.17) is 30.4 Å². The van der Waals surface area contributed by atoms with Crippen LogP contribution < -0.4 is 19.5 Å². The third kappa shape index (κ3) is 5.64. The van der Waals surface area contributed by atoms with Crippen LogP contribution in [0.4, 0.5) is 5.82 Å². The third-order valence-corrected chi connectivity index (χ3v) is 4.99. The molecule has 0 spiro atoms. The summed E-state index contributed by atoms with van der Waals surface area (Å²) in [5.41, 5.74) is 1.58. The number of nitrogens with zero attached hydrogens (tertiary/aromatic N) is 2. The first-order chi connectivity index (χ1) is 14.9. The fourth-order valence-corrected chi connectivity index (χ4v) is 3.40. The molecular weight excluding hydrogens is 450 g/mol. The van der Waals surface area contributed by atoms with Gasteiger partial charge in [-0.25, -0.2) is 4.18 Å². The molecule has 4 rings (SSSR count). The van der Waals surface area contributed by atoms with Gasteiger partial charge in [-0.15, -0.1) is 0 Å². The van der Waals surface area contributed by atoms with Gasteiger partial charge in [-0.2, -0.15) is 18.4 Å². The second-order valence-electron chi connectivity index (χ2n) is 6.51. The Hall–Kier alpha value is -2.86. The Balaban J connectivity index is 1.48. The van der Waals surface area contributed by atoms with E-state index < -0.39 is 10.4 Å². The predicted octanol–water partition coefficient (Wildman–Crippen LogP) is 3.21. The van der Waals surface area contributed by atoms with Crippen molar-refractivity contribution in [1.82, 2.24) is 9.97 Å². The molecule has 0 atom stereocenters. The van der Waals surface area contributed by atoms with Crippen molar-refractivity contribution >= 4 is 38.7 Å². The molecule has 2 aromatic carbocycles. The lowest BCUT2D eigenvalue weighted by atomic mass is 10.2. The van der Waals surface area contributed by atoms with Crippen LogP contribution in [0.5, 0.6) is 17.5 Å². The smallest absolute Gasteiger partial charge is 0.397 e. The molecule has 0 unspecified atom stereocenters. The van der Waals surface area contributed by atoms with Crippen molar-refractivity contribution in [3.63, 3.8) is 0 Å². The highest BCUT2D eigenvalue weighted by molar-refractivity contribution is 7.80. The molecule has 0 aliphatic carbocycles. The lowest BCUT2D eigenvalue weighted by molar-refractivity contribution is 0.174. The number of hydrogen-bond donors (Lipinski definition) is 2. The van der Waals surface area contributed by atoms with Gasteiger partial charge >= 0.3 is 16.4 Å². The number of nitrogens with one attached hydrogen (secondary N) is 1. The zero-order chi connectivity index (χ0) is 21.8. The summed E-state index contributed by atoms with van der Waals surface area (Å²) < 4.78 is 50.2. The van der Waals surface area contributed by atoms with Crippen molar-refractivity contribution in [3.05, 3.63) is 47.0 Å². The number of rotatable bonds is 9. The van der Waals surface area contributed by atoms with Crippen molar-refractivity contribution < 1.29 is 31.4 Å². The average Bonchev–Trinajstić information content (AvgIpc) is 3.19. The van der Waals surface area contributed by atoms with E-state index in [2.05, 4.69) is 19.5 Å². The van der Waals surface area contributed by atoms with Crippen LogP contribution in [-0.4, -0.2) is 42.9 Å². The summed E-state index contributed by atoms with van der Waals surface area (Å²) in [5, 5.41) is 4.52. The Bertz CT molecular complexity index is 1210. The number of hydrogen-bond acceptors (Lipinski definition) is 9. The minimum Gasteiger partial charge on any atom is -0.463 e. The highest BCUT2D eigenvalue weighted by Crippen LogP contribution is 2.33. The van der Waals surface area contributed by atoms with Gasteiger partial charge in [0.25, 0.3) is 0 Å². The molecule has 0 saturated carbocycles. The Kier molecular flexibility index (Phi) is 6.28. The number of halogens is 1. The first-order valence-corrected chi connectivity index (χ1v) is 11.0. The SMILES string of the molecule is O=S(=O)(O)OCCCOc1nc(NCc2ccc3c(c2)OCO3)c2cc(Cl)ccc2n1. The Labute approximate surface area is 183 Å². The zero-order valence-corrected chi connectivity index (χ0v) is 17.6. The molecule has 1 aliphatic rings. The van der Waals surface area contributed by atoms with Crippen LogP contribution in [0.2, 0.25) is 5.02 Å². The molecule has 10 nitrogen and oxygen atoms in total. The Morgan fingerprint density at radius 3 is 2.77 bits per heavy atom. The van der Waals surface area contributed by atoms with Crippen LogP contribution >= 0.6 is 11.6 Å². The third-order valence-electron chi connectivity index (χ3n) is 4.29. The van der Waals surface area contributed by atoms with Gasteiger partial charge in [0.2, 0.25) is 6.79 Å². The standard InChI is InChI=1S/C19H18ClN3O7S/c20-13-3-4-15-14(9-13)18(21-10-12-2-5-16-17(8-12)29-11-28-16)23-19(22-15)27-6-1-7-30-31(24,25)26/h2-5,8-9H,1,6-7,10-11H2,(H,21,22,23)(H,24,25,26). The van der Waals surface area contributed by atoms with Crippen LogP contribution in [-0.2, 0) is 21.1 Å². The van der Waals surface area contributed by atoms with Gasteiger partial charge in [0, 0.05) is 23.4 Å². The molecule has 0 fully saturated rings. The molecule has 2 heterocycles. The van der Waals surface area contributed by atoms with E-state index in [1.54, 1.807) is 18.2 Å². The van der Waals surface area contributed by atoms with E-state index in [1.165, 1.54) is 0 Å². The summed E-state index contributed by atoms with van der Waals surface area (Å²) in [6.45, 7) is 0.529. The average molecular weight is 468 g/mol. The normalized spacial score (nSPS) is 12.8. The first-order valence-electron chi connectivity index (χ1n) is 9.22. The molecule has 31 heavy (non-hydrogen) atoms. The lowest BCUT2D eigenvalue weighted by Crippen LogP contribution is -2.10. The van der Waals surface area contributed by atoms with Gasteiger partial charge in [-0.1, -0.05) is 17.7 Å². The molecule has 2 N–H and O–H groups in total. The number of ether oxygens (including phenoxy) is 3. The molecule has 1 aliphatic heterocycles. The molecule has 0 amide bonds. The highest BCUT2D eigenvalue weighted by Gasteiger charge is 2.14. The van der Waals surface area contributed by atoms with E-state index in [-0.39, 0.29) is 32.4 Å². The summed E-state index contributed by atoms with van der Waals surface area (Å²) in [5.74, 6) is 1.91. The maximum absolute atomic E-state index is 10.6. The molecule has 0 radical (unpaired) electrons. The minimum atomic E-state index is -4.47. The van der Waals surface area contributed by atoms with Gasteiger partial charge in [0.1, 0.15) is 5.82 Å². The fraction of sp³-hybridized carbons (Fsp3) is 0.263. The van der Waals surface area contributed by atoms with Gasteiger partial charge in [-0.05, 0) is 35.9 Å². The van der Waals surface area contributed by atoms with Crippen LogP contribution in [0.15, 0.2) is 36.4 Å². The molecule has 12 heteroatoms. The number of benzene rings is 2. The number of aromatic nitrogens is 2. The van der Waals surface area contributed by atoms with Crippen LogP contribution in [0, 0.1) is 0 Å². The quantitative estimate of drug-likeness (QED) is 0.357. The van der Waals surface area contributed by atoms with E-state index in [9.17, 15) is 8.42 Å². The molecule has 0 bridgehead atoms. The molecular formula is C19H18ClN3O7S. The number of anilines is 1. The van der Waals surface area contributed by atoms with Gasteiger partial charge in [0.05, 0.1) is 18.7 Å². The molecule has 0 saturated heterocycles. The summed E-state index contributed by atoms with van der Waals surface area (Å²) in [7, 11) is -4.47. The summed E-state index contributed by atoms with van der Waals surface area (Å²) >= 11 is 6.14. The lowest BCUT2D eigenvalue weighted by Gasteiger charge is -2.12. The van der Waals surface area contributed by atoms with Gasteiger partial charge in [0.15, 0.2) is 11.5 Å². The van der Waals surface area contributed by atoms with Crippen molar-refractivity contribution in [2.75, 3.05) is 25.3 Å². The fourth-order valence-electron chi connectivity index (χ4n) is 2.90. The van der Waals surface area contributed by atoms with Crippen molar-refractivity contribution in [3.8, 4) is 17.5 Å². The van der Waals surface area contributed by atoms with Crippen molar-refractivity contribution in [2.45, 2.75) is 13.0 Å². The topological polar surface area (TPSA) is 129 Å². The van der Waals surface area contributed by atoms with Gasteiger partial charge < -0.3 is 19.5 Å². The van der Waals surface area contributed by atoms with E-state index in [0.29, 0.717) is 34.4 Å². The maximum atomic E-state index is 10.6. The van der Waals surface area contributed by atoms with Crippen LogP contribution in [0.25, 0.3) is 10.9 Å². The second kappa shape index (κ2) is 9.10. The highest BCUT2D eigenvalue weighted by atomic mass is 35.5. The van der Waals surface area contributed by atoms with Crippen molar-refractivity contribution in [1.29, 1.82) is 0 Å². The Morgan fingerprint density at radius 2 is 1.94 bits per heavy atom. The molecule has 1 aromatic heterocycles. The summed E-state index contributed by atoms with van der Waals surface area (Å²) in [4.78, 5) is 8.76. The van der Waals surface area contributed by atoms with Crippen molar-refractivity contribution in [2.24, 2.45) is 0 Å². The van der Waals surface area contributed by atoms with Gasteiger partial charge in [-0.3, -0.25) is 4.55 Å².